The number of hydrogen-bond acceptors (Lipinski definition) is 3. The SMILES string of the molecule is O=C(c1cccnc1)N1CCOc2ccc(F)cc21. The van der Waals surface area contributed by atoms with Crippen LogP contribution in [0.4, 0.5) is 10.1 Å². The number of amides is 1. The van der Waals surface area contributed by atoms with E-state index in [-0.39, 0.29) is 5.91 Å². The molecule has 0 spiro atoms. The zero-order valence-electron chi connectivity index (χ0n) is 10.0. The molecule has 0 saturated heterocycles. The van der Waals surface area contributed by atoms with E-state index in [4.69, 9.17) is 4.74 Å². The number of hydrogen-bond donors (Lipinski definition) is 0. The van der Waals surface area contributed by atoms with E-state index in [0.717, 1.165) is 0 Å². The van der Waals surface area contributed by atoms with Crippen LogP contribution in [0.5, 0.6) is 5.75 Å². The van der Waals surface area contributed by atoms with Gasteiger partial charge in [-0.05, 0) is 24.3 Å². The highest BCUT2D eigenvalue weighted by atomic mass is 19.1. The Morgan fingerprint density at radius 2 is 2.26 bits per heavy atom. The Balaban J connectivity index is 2.00. The van der Waals surface area contributed by atoms with Gasteiger partial charge in [0.1, 0.15) is 18.2 Å². The van der Waals surface area contributed by atoms with Gasteiger partial charge in [0.05, 0.1) is 17.8 Å². The number of halogens is 1. The van der Waals surface area contributed by atoms with E-state index in [1.165, 1.54) is 29.3 Å². The zero-order chi connectivity index (χ0) is 13.2. The molecule has 1 aliphatic heterocycles. The van der Waals surface area contributed by atoms with Crippen LogP contribution in [-0.2, 0) is 0 Å². The molecule has 0 aliphatic carbocycles. The second-order valence-corrected chi connectivity index (χ2v) is 4.16. The Labute approximate surface area is 109 Å². The van der Waals surface area contributed by atoms with Gasteiger partial charge in [0, 0.05) is 18.5 Å². The number of benzene rings is 1. The second-order valence-electron chi connectivity index (χ2n) is 4.16. The van der Waals surface area contributed by atoms with Crippen molar-refractivity contribution in [3.8, 4) is 5.75 Å². The highest BCUT2D eigenvalue weighted by Crippen LogP contribution is 2.32. The van der Waals surface area contributed by atoms with Gasteiger partial charge in [-0.2, -0.15) is 0 Å². The van der Waals surface area contributed by atoms with Crippen LogP contribution in [0.25, 0.3) is 0 Å². The molecule has 0 atom stereocenters. The van der Waals surface area contributed by atoms with Crippen molar-refractivity contribution in [2.45, 2.75) is 0 Å². The van der Waals surface area contributed by atoms with Gasteiger partial charge in [-0.1, -0.05) is 0 Å². The largest absolute Gasteiger partial charge is 0.490 e. The predicted octanol–water partition coefficient (Wildman–Crippen LogP) is 2.26. The molecule has 1 aromatic carbocycles. The second kappa shape index (κ2) is 4.68. The number of fused-ring (bicyclic) bond motifs is 1. The van der Waals surface area contributed by atoms with Crippen LogP contribution in [0.1, 0.15) is 10.4 Å². The molecule has 96 valence electrons. The molecule has 0 bridgehead atoms. The maximum Gasteiger partial charge on any atom is 0.260 e. The number of carbonyl (C=O) groups excluding carboxylic acids is 1. The zero-order valence-corrected chi connectivity index (χ0v) is 10.0. The molecule has 1 aromatic heterocycles. The summed E-state index contributed by atoms with van der Waals surface area (Å²) in [4.78, 5) is 17.8. The van der Waals surface area contributed by atoms with Crippen LogP contribution in [0, 0.1) is 5.82 Å². The van der Waals surface area contributed by atoms with Gasteiger partial charge >= 0.3 is 0 Å². The first kappa shape index (κ1) is 11.6. The first-order valence-corrected chi connectivity index (χ1v) is 5.90. The summed E-state index contributed by atoms with van der Waals surface area (Å²) in [7, 11) is 0. The minimum absolute atomic E-state index is 0.205. The molecule has 0 radical (unpaired) electrons. The number of rotatable bonds is 1. The van der Waals surface area contributed by atoms with Crippen LogP contribution in [0.15, 0.2) is 42.7 Å². The smallest absolute Gasteiger partial charge is 0.260 e. The lowest BCUT2D eigenvalue weighted by Crippen LogP contribution is -2.38. The molecule has 2 heterocycles. The van der Waals surface area contributed by atoms with Crippen LogP contribution in [0.3, 0.4) is 0 Å². The Kier molecular flexibility index (Phi) is 2.87. The van der Waals surface area contributed by atoms with E-state index in [1.54, 1.807) is 18.3 Å². The van der Waals surface area contributed by atoms with Crippen molar-refractivity contribution >= 4 is 11.6 Å². The lowest BCUT2D eigenvalue weighted by molar-refractivity contribution is 0.0976. The minimum Gasteiger partial charge on any atom is -0.490 e. The van der Waals surface area contributed by atoms with Gasteiger partial charge in [-0.15, -0.1) is 0 Å². The Morgan fingerprint density at radius 3 is 3.05 bits per heavy atom. The first-order valence-electron chi connectivity index (χ1n) is 5.90. The average Bonchev–Trinajstić information content (AvgIpc) is 2.47. The van der Waals surface area contributed by atoms with Gasteiger partial charge in [0.25, 0.3) is 5.91 Å². The Hall–Kier alpha value is -2.43. The minimum atomic E-state index is -0.395. The van der Waals surface area contributed by atoms with E-state index < -0.39 is 5.82 Å². The van der Waals surface area contributed by atoms with Crippen molar-refractivity contribution in [3.63, 3.8) is 0 Å². The fraction of sp³-hybridized carbons (Fsp3) is 0.143. The summed E-state index contributed by atoms with van der Waals surface area (Å²) < 4.78 is 18.7. The topological polar surface area (TPSA) is 42.4 Å². The normalized spacial score (nSPS) is 13.6. The van der Waals surface area contributed by atoms with Crippen molar-refractivity contribution in [1.29, 1.82) is 0 Å². The van der Waals surface area contributed by atoms with Gasteiger partial charge in [0.15, 0.2) is 0 Å². The summed E-state index contributed by atoms with van der Waals surface area (Å²) in [5.74, 6) is -0.0821. The number of ether oxygens (including phenoxy) is 1. The van der Waals surface area contributed by atoms with E-state index in [2.05, 4.69) is 4.98 Å². The lowest BCUT2D eigenvalue weighted by atomic mass is 10.2. The van der Waals surface area contributed by atoms with Crippen LogP contribution in [-0.4, -0.2) is 24.0 Å². The number of carbonyl (C=O) groups is 1. The van der Waals surface area contributed by atoms with Gasteiger partial charge in [-0.25, -0.2) is 4.39 Å². The van der Waals surface area contributed by atoms with Crippen molar-refractivity contribution < 1.29 is 13.9 Å². The van der Waals surface area contributed by atoms with Gasteiger partial charge in [0.2, 0.25) is 0 Å². The summed E-state index contributed by atoms with van der Waals surface area (Å²) in [5, 5.41) is 0. The highest BCUT2D eigenvalue weighted by molar-refractivity contribution is 6.06. The van der Waals surface area contributed by atoms with Crippen molar-refractivity contribution in [1.82, 2.24) is 4.98 Å². The highest BCUT2D eigenvalue weighted by Gasteiger charge is 2.25. The Morgan fingerprint density at radius 1 is 1.37 bits per heavy atom. The van der Waals surface area contributed by atoms with E-state index in [0.29, 0.717) is 30.2 Å². The molecule has 1 amide bonds. The molecule has 0 fully saturated rings. The van der Waals surface area contributed by atoms with Gasteiger partial charge < -0.3 is 9.64 Å². The average molecular weight is 258 g/mol. The third kappa shape index (κ3) is 2.14. The molecule has 0 saturated carbocycles. The number of nitrogens with zero attached hydrogens (tertiary/aromatic N) is 2. The fourth-order valence-electron chi connectivity index (χ4n) is 2.05. The van der Waals surface area contributed by atoms with Crippen molar-refractivity contribution in [2.75, 3.05) is 18.1 Å². The van der Waals surface area contributed by atoms with Crippen molar-refractivity contribution in [2.24, 2.45) is 0 Å². The van der Waals surface area contributed by atoms with Crippen LogP contribution >= 0.6 is 0 Å². The number of anilines is 1. The standard InChI is InChI=1S/C14H11FN2O2/c15-11-3-4-13-12(8-11)17(6-7-19-13)14(18)10-2-1-5-16-9-10/h1-5,8-9H,6-7H2. The van der Waals surface area contributed by atoms with Crippen molar-refractivity contribution in [3.05, 3.63) is 54.1 Å². The monoisotopic (exact) mass is 258 g/mol. The third-order valence-electron chi connectivity index (χ3n) is 2.94. The summed E-state index contributed by atoms with van der Waals surface area (Å²) in [6, 6.07) is 7.54. The molecular formula is C14H11FN2O2. The predicted molar refractivity (Wildman–Crippen MR) is 67.8 cm³/mol. The summed E-state index contributed by atoms with van der Waals surface area (Å²) in [6.07, 6.45) is 3.10. The summed E-state index contributed by atoms with van der Waals surface area (Å²) >= 11 is 0. The number of aromatic nitrogens is 1. The molecule has 0 N–H and O–H groups in total. The molecule has 0 unspecified atom stereocenters. The summed E-state index contributed by atoms with van der Waals surface area (Å²) in [6.45, 7) is 0.787. The van der Waals surface area contributed by atoms with Crippen LogP contribution in [0.2, 0.25) is 0 Å². The van der Waals surface area contributed by atoms with Gasteiger partial charge in [-0.3, -0.25) is 9.78 Å². The molecule has 2 aromatic rings. The first-order chi connectivity index (χ1) is 9.25. The molecule has 5 heteroatoms. The molecule has 1 aliphatic rings. The maximum atomic E-state index is 13.3. The Bertz CT molecular complexity index is 616. The van der Waals surface area contributed by atoms with E-state index >= 15 is 0 Å². The third-order valence-corrected chi connectivity index (χ3v) is 2.94. The molecular weight excluding hydrogens is 247 g/mol. The summed E-state index contributed by atoms with van der Waals surface area (Å²) in [5.41, 5.74) is 0.930. The molecule has 4 nitrogen and oxygen atoms in total. The van der Waals surface area contributed by atoms with E-state index in [9.17, 15) is 9.18 Å². The fourth-order valence-corrected chi connectivity index (χ4v) is 2.05. The van der Waals surface area contributed by atoms with Crippen LogP contribution < -0.4 is 9.64 Å². The van der Waals surface area contributed by atoms with E-state index in [1.807, 2.05) is 0 Å². The number of pyridine rings is 1. The lowest BCUT2D eigenvalue weighted by Gasteiger charge is -2.29. The maximum absolute atomic E-state index is 13.3. The molecule has 3 rings (SSSR count). The quantitative estimate of drug-likeness (QED) is 0.788. The molecule has 19 heavy (non-hydrogen) atoms.